The Morgan fingerprint density at radius 2 is 1.89 bits per heavy atom. The van der Waals surface area contributed by atoms with Crippen molar-refractivity contribution in [3.8, 4) is 0 Å². The van der Waals surface area contributed by atoms with E-state index in [1.807, 2.05) is 11.7 Å². The summed E-state index contributed by atoms with van der Waals surface area (Å²) in [5, 5.41) is 11.3. The molecule has 7 nitrogen and oxygen atoms in total. The first-order valence-electron chi connectivity index (χ1n) is 10.7. The van der Waals surface area contributed by atoms with Gasteiger partial charge in [-0.1, -0.05) is 33.1 Å². The van der Waals surface area contributed by atoms with E-state index in [1.165, 1.54) is 43.4 Å². The molecule has 1 amide bonds. The van der Waals surface area contributed by atoms with Crippen molar-refractivity contribution in [2.75, 3.05) is 27.2 Å². The van der Waals surface area contributed by atoms with Crippen molar-refractivity contribution in [3.63, 3.8) is 0 Å². The average Bonchev–Trinajstić information content (AvgIpc) is 3.02. The molecule has 1 heterocycles. The molecule has 1 saturated carbocycles. The van der Waals surface area contributed by atoms with Gasteiger partial charge in [0.1, 0.15) is 0 Å². The number of amides is 1. The third kappa shape index (κ3) is 6.24. The lowest BCUT2D eigenvalue weighted by molar-refractivity contribution is -0.127. The molecule has 158 valence electrons. The summed E-state index contributed by atoms with van der Waals surface area (Å²) in [6.45, 7) is 6.02. The summed E-state index contributed by atoms with van der Waals surface area (Å²) in [7, 11) is 5.54. The molecule has 7 heteroatoms. The lowest BCUT2D eigenvalue weighted by atomic mass is 9.89. The number of aryl methyl sites for hydroxylation is 2. The Labute approximate surface area is 170 Å². The monoisotopic (exact) mass is 390 g/mol. The summed E-state index contributed by atoms with van der Waals surface area (Å²) in [5.74, 6) is 1.45. The van der Waals surface area contributed by atoms with Crippen LogP contribution in [0.5, 0.6) is 0 Å². The Kier molecular flexibility index (Phi) is 8.80. The van der Waals surface area contributed by atoms with Crippen molar-refractivity contribution >= 4 is 11.9 Å². The molecule has 0 bridgehead atoms. The van der Waals surface area contributed by atoms with Gasteiger partial charge in [0.2, 0.25) is 5.91 Å². The maximum absolute atomic E-state index is 12.0. The van der Waals surface area contributed by atoms with Gasteiger partial charge in [-0.2, -0.15) is 5.10 Å². The van der Waals surface area contributed by atoms with Gasteiger partial charge >= 0.3 is 0 Å². The Morgan fingerprint density at radius 3 is 2.50 bits per heavy atom. The minimum atomic E-state index is 0.0389. The highest BCUT2D eigenvalue weighted by atomic mass is 16.2. The van der Waals surface area contributed by atoms with Crippen molar-refractivity contribution in [1.82, 2.24) is 25.3 Å². The van der Waals surface area contributed by atoms with Gasteiger partial charge in [-0.3, -0.25) is 9.48 Å². The maximum Gasteiger partial charge on any atom is 0.241 e. The smallest absolute Gasteiger partial charge is 0.241 e. The van der Waals surface area contributed by atoms with E-state index < -0.39 is 0 Å². The minimum Gasteiger partial charge on any atom is -0.356 e. The number of rotatable bonds is 8. The number of hydrogen-bond donors (Lipinski definition) is 2. The number of carbonyl (C=O) groups is 1. The second kappa shape index (κ2) is 11.1. The first-order valence-corrected chi connectivity index (χ1v) is 10.7. The predicted molar refractivity (Wildman–Crippen MR) is 114 cm³/mol. The average molecular weight is 391 g/mol. The number of guanidine groups is 1. The van der Waals surface area contributed by atoms with Crippen LogP contribution in [0, 0.1) is 5.92 Å². The van der Waals surface area contributed by atoms with Crippen molar-refractivity contribution in [1.29, 1.82) is 0 Å². The van der Waals surface area contributed by atoms with Crippen LogP contribution in [0.1, 0.15) is 62.9 Å². The van der Waals surface area contributed by atoms with E-state index in [4.69, 9.17) is 4.99 Å². The Morgan fingerprint density at radius 1 is 1.18 bits per heavy atom. The van der Waals surface area contributed by atoms with Gasteiger partial charge in [-0.25, -0.2) is 4.99 Å². The lowest BCUT2D eigenvalue weighted by Crippen LogP contribution is -2.44. The standard InChI is InChI=1S/C21H38N6O/c1-6-18-17(19(7-2)27(5)25-18)14-23-21(24-15-20(28)26(3)4)22-13-16-11-9-8-10-12-16/h16H,6-15H2,1-5H3,(H2,22,23,24). The first-order chi connectivity index (χ1) is 13.5. The Bertz CT molecular complexity index is 658. The van der Waals surface area contributed by atoms with Crippen molar-refractivity contribution < 1.29 is 4.79 Å². The van der Waals surface area contributed by atoms with E-state index in [9.17, 15) is 4.79 Å². The van der Waals surface area contributed by atoms with Crippen LogP contribution >= 0.6 is 0 Å². The second-order valence-corrected chi connectivity index (χ2v) is 7.89. The molecule has 2 N–H and O–H groups in total. The maximum atomic E-state index is 12.0. The number of carbonyl (C=O) groups excluding carboxylic acids is 1. The molecule has 1 aliphatic rings. The molecule has 0 unspecified atom stereocenters. The summed E-state index contributed by atoms with van der Waals surface area (Å²) in [5.41, 5.74) is 3.56. The molecule has 0 spiro atoms. The van der Waals surface area contributed by atoms with Gasteiger partial charge in [0.05, 0.1) is 18.8 Å². The van der Waals surface area contributed by atoms with Crippen LogP contribution in [0.2, 0.25) is 0 Å². The molecule has 0 aliphatic heterocycles. The number of likely N-dealkylation sites (N-methyl/N-ethyl adjacent to an activating group) is 1. The van der Waals surface area contributed by atoms with Crippen LogP contribution in [0.25, 0.3) is 0 Å². The van der Waals surface area contributed by atoms with E-state index in [2.05, 4.69) is 29.6 Å². The van der Waals surface area contributed by atoms with Crippen LogP contribution < -0.4 is 10.6 Å². The van der Waals surface area contributed by atoms with E-state index in [1.54, 1.807) is 19.0 Å². The fourth-order valence-electron chi connectivity index (χ4n) is 3.85. The summed E-state index contributed by atoms with van der Waals surface area (Å²) < 4.78 is 1.97. The number of nitrogens with one attached hydrogen (secondary N) is 2. The predicted octanol–water partition coefficient (Wildman–Crippen LogP) is 2.25. The zero-order valence-electron chi connectivity index (χ0n) is 18.3. The zero-order valence-corrected chi connectivity index (χ0v) is 18.3. The highest BCUT2D eigenvalue weighted by molar-refractivity contribution is 5.86. The molecule has 1 aromatic rings. The molecule has 0 atom stereocenters. The zero-order chi connectivity index (χ0) is 20.5. The first kappa shape index (κ1) is 22.2. The van der Waals surface area contributed by atoms with Gasteiger partial charge in [-0.15, -0.1) is 0 Å². The molecule has 2 rings (SSSR count). The molecule has 1 fully saturated rings. The molecular weight excluding hydrogens is 352 g/mol. The van der Waals surface area contributed by atoms with Crippen LogP contribution in [-0.4, -0.2) is 53.7 Å². The number of aromatic nitrogens is 2. The van der Waals surface area contributed by atoms with Gasteiger partial charge in [0.15, 0.2) is 5.96 Å². The lowest BCUT2D eigenvalue weighted by Gasteiger charge is -2.23. The fourth-order valence-corrected chi connectivity index (χ4v) is 3.85. The van der Waals surface area contributed by atoms with Gasteiger partial charge in [-0.05, 0) is 31.6 Å². The van der Waals surface area contributed by atoms with E-state index in [0.717, 1.165) is 25.1 Å². The van der Waals surface area contributed by atoms with E-state index >= 15 is 0 Å². The largest absolute Gasteiger partial charge is 0.356 e. The summed E-state index contributed by atoms with van der Waals surface area (Å²) >= 11 is 0. The third-order valence-corrected chi connectivity index (χ3v) is 5.61. The molecule has 0 aromatic carbocycles. The van der Waals surface area contributed by atoms with Gasteiger partial charge < -0.3 is 15.5 Å². The molecule has 0 saturated heterocycles. The van der Waals surface area contributed by atoms with Gasteiger partial charge in [0.25, 0.3) is 0 Å². The molecule has 1 aromatic heterocycles. The Balaban J connectivity index is 2.09. The topological polar surface area (TPSA) is 74.5 Å². The summed E-state index contributed by atoms with van der Waals surface area (Å²) in [6.07, 6.45) is 8.38. The molecule has 0 radical (unpaired) electrons. The third-order valence-electron chi connectivity index (χ3n) is 5.61. The molecule has 28 heavy (non-hydrogen) atoms. The van der Waals surface area contributed by atoms with Crippen molar-refractivity contribution in [2.24, 2.45) is 18.0 Å². The summed E-state index contributed by atoms with van der Waals surface area (Å²) in [4.78, 5) is 18.4. The van der Waals surface area contributed by atoms with Crippen LogP contribution in [0.3, 0.4) is 0 Å². The van der Waals surface area contributed by atoms with Crippen LogP contribution in [0.15, 0.2) is 4.99 Å². The number of hydrogen-bond acceptors (Lipinski definition) is 3. The van der Waals surface area contributed by atoms with E-state index in [0.29, 0.717) is 18.4 Å². The van der Waals surface area contributed by atoms with Gasteiger partial charge in [0, 0.05) is 38.9 Å². The van der Waals surface area contributed by atoms with Crippen molar-refractivity contribution in [3.05, 3.63) is 17.0 Å². The van der Waals surface area contributed by atoms with Crippen molar-refractivity contribution in [2.45, 2.75) is 65.3 Å². The van der Waals surface area contributed by atoms with E-state index in [-0.39, 0.29) is 12.5 Å². The minimum absolute atomic E-state index is 0.0389. The SMILES string of the molecule is CCc1nn(C)c(CC)c1CN=C(NCC(=O)N(C)C)NCC1CCCCC1. The quantitative estimate of drug-likeness (QED) is 0.527. The van der Waals surface area contributed by atoms with Crippen LogP contribution in [0.4, 0.5) is 0 Å². The summed E-state index contributed by atoms with van der Waals surface area (Å²) in [6, 6.07) is 0. The molecular formula is C21H38N6O. The van der Waals surface area contributed by atoms with Crippen LogP contribution in [-0.2, 0) is 31.2 Å². The normalized spacial score (nSPS) is 15.5. The number of nitrogens with zero attached hydrogens (tertiary/aromatic N) is 4. The Hall–Kier alpha value is -2.05. The fraction of sp³-hybridized carbons (Fsp3) is 0.762. The highest BCUT2D eigenvalue weighted by Crippen LogP contribution is 2.22. The molecule has 1 aliphatic carbocycles. The highest BCUT2D eigenvalue weighted by Gasteiger charge is 2.16. The number of aliphatic imine (C=N–C) groups is 1. The second-order valence-electron chi connectivity index (χ2n) is 7.89.